The molecule has 1 amide bonds. The lowest BCUT2D eigenvalue weighted by Gasteiger charge is -2.09. The zero-order valence-electron chi connectivity index (χ0n) is 9.29. The van der Waals surface area contributed by atoms with Crippen LogP contribution in [0, 0.1) is 0 Å². The van der Waals surface area contributed by atoms with Crippen LogP contribution in [0.4, 0.5) is 18.9 Å². The predicted molar refractivity (Wildman–Crippen MR) is 71.4 cm³/mol. The van der Waals surface area contributed by atoms with Crippen LogP contribution in [0.2, 0.25) is 0 Å². The molecule has 0 aliphatic heterocycles. The smallest absolute Gasteiger partial charge is 0.321 e. The van der Waals surface area contributed by atoms with E-state index in [9.17, 15) is 18.0 Å². The van der Waals surface area contributed by atoms with Crippen LogP contribution in [0.3, 0.4) is 0 Å². The van der Waals surface area contributed by atoms with Gasteiger partial charge in [0.15, 0.2) is 0 Å². The van der Waals surface area contributed by atoms with E-state index in [4.69, 9.17) is 0 Å². The maximum Gasteiger partial charge on any atom is 0.416 e. The molecule has 19 heavy (non-hydrogen) atoms. The molecule has 0 saturated carbocycles. The molecular formula is C12H7BrF3NOS. The lowest BCUT2D eigenvalue weighted by molar-refractivity contribution is -0.137. The van der Waals surface area contributed by atoms with Crippen molar-refractivity contribution < 1.29 is 18.0 Å². The average Bonchev–Trinajstić information content (AvgIpc) is 2.75. The van der Waals surface area contributed by atoms with E-state index in [2.05, 4.69) is 21.2 Å². The molecule has 0 fully saturated rings. The summed E-state index contributed by atoms with van der Waals surface area (Å²) in [7, 11) is 0. The number of anilines is 1. The molecule has 2 rings (SSSR count). The number of alkyl halides is 3. The quantitative estimate of drug-likeness (QED) is 0.830. The van der Waals surface area contributed by atoms with Gasteiger partial charge in [0.25, 0.3) is 5.91 Å². The maximum atomic E-state index is 12.5. The van der Waals surface area contributed by atoms with Gasteiger partial charge in [-0.2, -0.15) is 13.2 Å². The number of carbonyl (C=O) groups excluding carboxylic acids is 1. The monoisotopic (exact) mass is 349 g/mol. The van der Waals surface area contributed by atoms with Crippen LogP contribution in [0.5, 0.6) is 0 Å². The number of benzene rings is 1. The maximum absolute atomic E-state index is 12.5. The van der Waals surface area contributed by atoms with Gasteiger partial charge in [-0.25, -0.2) is 0 Å². The number of thiophene rings is 1. The fourth-order valence-corrected chi connectivity index (χ4v) is 2.86. The van der Waals surface area contributed by atoms with Crippen molar-refractivity contribution in [3.63, 3.8) is 0 Å². The van der Waals surface area contributed by atoms with Gasteiger partial charge in [0.2, 0.25) is 0 Å². The first-order chi connectivity index (χ1) is 8.88. The second-order valence-electron chi connectivity index (χ2n) is 3.63. The minimum absolute atomic E-state index is 0.111. The van der Waals surface area contributed by atoms with Gasteiger partial charge in [-0.15, -0.1) is 11.3 Å². The van der Waals surface area contributed by atoms with Gasteiger partial charge in [0.1, 0.15) is 4.88 Å². The second-order valence-corrected chi connectivity index (χ2v) is 5.40. The summed E-state index contributed by atoms with van der Waals surface area (Å²) in [6.07, 6.45) is -4.43. The third kappa shape index (κ3) is 3.36. The lowest BCUT2D eigenvalue weighted by atomic mass is 10.2. The summed E-state index contributed by atoms with van der Waals surface area (Å²) in [5, 5.41) is 4.15. The highest BCUT2D eigenvalue weighted by atomic mass is 79.9. The zero-order valence-corrected chi connectivity index (χ0v) is 11.7. The van der Waals surface area contributed by atoms with Crippen LogP contribution in [-0.2, 0) is 6.18 Å². The van der Waals surface area contributed by atoms with Crippen LogP contribution in [0.1, 0.15) is 15.2 Å². The summed E-state index contributed by atoms with van der Waals surface area (Å²) in [6, 6.07) is 6.22. The third-order valence-electron chi connectivity index (χ3n) is 2.27. The Bertz CT molecular complexity index is 609. The van der Waals surface area contributed by atoms with Crippen molar-refractivity contribution in [1.82, 2.24) is 0 Å². The molecule has 2 nitrogen and oxygen atoms in total. The zero-order chi connectivity index (χ0) is 14.0. The van der Waals surface area contributed by atoms with E-state index in [0.717, 1.165) is 12.1 Å². The first kappa shape index (κ1) is 14.1. The molecular weight excluding hydrogens is 343 g/mol. The van der Waals surface area contributed by atoms with Gasteiger partial charge in [-0.3, -0.25) is 4.79 Å². The summed E-state index contributed by atoms with van der Waals surface area (Å²) < 4.78 is 38.2. The average molecular weight is 350 g/mol. The number of hydrogen-bond donors (Lipinski definition) is 1. The van der Waals surface area contributed by atoms with Crippen molar-refractivity contribution in [3.05, 3.63) is 50.6 Å². The van der Waals surface area contributed by atoms with Crippen LogP contribution in [0.15, 0.2) is 40.2 Å². The summed E-state index contributed by atoms with van der Waals surface area (Å²) in [5.74, 6) is -0.443. The Labute approximate surface area is 119 Å². The normalized spacial score (nSPS) is 11.4. The predicted octanol–water partition coefficient (Wildman–Crippen LogP) is 4.78. The van der Waals surface area contributed by atoms with E-state index < -0.39 is 17.6 Å². The molecule has 0 aliphatic rings. The molecule has 1 aromatic heterocycles. The molecule has 0 radical (unpaired) electrons. The molecule has 0 aliphatic carbocycles. The van der Waals surface area contributed by atoms with Crippen molar-refractivity contribution in [3.8, 4) is 0 Å². The third-order valence-corrected chi connectivity index (χ3v) is 4.11. The summed E-state index contributed by atoms with van der Waals surface area (Å²) in [6.45, 7) is 0. The van der Waals surface area contributed by atoms with Gasteiger partial charge in [-0.05, 0) is 45.6 Å². The van der Waals surface area contributed by atoms with Gasteiger partial charge in [0, 0.05) is 10.2 Å². The van der Waals surface area contributed by atoms with Crippen LogP contribution >= 0.6 is 27.3 Å². The van der Waals surface area contributed by atoms with E-state index >= 15 is 0 Å². The van der Waals surface area contributed by atoms with Crippen molar-refractivity contribution in [2.75, 3.05) is 5.32 Å². The molecule has 0 unspecified atom stereocenters. The molecule has 0 spiro atoms. The Morgan fingerprint density at radius 2 is 2.00 bits per heavy atom. The molecule has 1 aromatic carbocycles. The lowest BCUT2D eigenvalue weighted by Crippen LogP contribution is -2.12. The molecule has 0 saturated heterocycles. The number of nitrogens with one attached hydrogen (secondary N) is 1. The van der Waals surface area contributed by atoms with Crippen molar-refractivity contribution in [1.29, 1.82) is 0 Å². The highest BCUT2D eigenvalue weighted by Crippen LogP contribution is 2.31. The molecule has 1 N–H and O–H groups in total. The Morgan fingerprint density at radius 3 is 2.58 bits per heavy atom. The fourth-order valence-electron chi connectivity index (χ4n) is 1.42. The van der Waals surface area contributed by atoms with E-state index in [1.165, 1.54) is 23.5 Å². The Morgan fingerprint density at radius 1 is 1.26 bits per heavy atom. The number of halogens is 4. The Hall–Kier alpha value is -1.34. The molecule has 0 bridgehead atoms. The molecule has 7 heteroatoms. The Balaban J connectivity index is 2.21. The van der Waals surface area contributed by atoms with Crippen LogP contribution < -0.4 is 5.32 Å². The van der Waals surface area contributed by atoms with Crippen molar-refractivity contribution >= 4 is 38.9 Å². The fraction of sp³-hybridized carbons (Fsp3) is 0.0833. The standard InChI is InChI=1S/C12H7BrF3NOS/c13-9-4-5-19-10(9)11(18)17-8-3-1-2-7(6-8)12(14,15)16/h1-6H,(H,17,18). The largest absolute Gasteiger partial charge is 0.416 e. The number of carbonyl (C=O) groups is 1. The van der Waals surface area contributed by atoms with Crippen LogP contribution in [-0.4, -0.2) is 5.91 Å². The molecule has 1 heterocycles. The minimum atomic E-state index is -4.43. The van der Waals surface area contributed by atoms with Gasteiger partial charge < -0.3 is 5.32 Å². The Kier molecular flexibility index (Phi) is 3.96. The number of hydrogen-bond acceptors (Lipinski definition) is 2. The van der Waals surface area contributed by atoms with E-state index in [0.29, 0.717) is 9.35 Å². The van der Waals surface area contributed by atoms with Crippen LogP contribution in [0.25, 0.3) is 0 Å². The number of amides is 1. The topological polar surface area (TPSA) is 29.1 Å². The SMILES string of the molecule is O=C(Nc1cccc(C(F)(F)F)c1)c1sccc1Br. The molecule has 2 aromatic rings. The highest BCUT2D eigenvalue weighted by molar-refractivity contribution is 9.10. The van der Waals surface area contributed by atoms with E-state index in [1.807, 2.05) is 0 Å². The first-order valence-corrected chi connectivity index (χ1v) is 6.77. The van der Waals surface area contributed by atoms with Gasteiger partial charge >= 0.3 is 6.18 Å². The van der Waals surface area contributed by atoms with Crippen molar-refractivity contribution in [2.45, 2.75) is 6.18 Å². The summed E-state index contributed by atoms with van der Waals surface area (Å²) in [4.78, 5) is 12.3. The molecule has 0 atom stereocenters. The number of rotatable bonds is 2. The highest BCUT2D eigenvalue weighted by Gasteiger charge is 2.30. The van der Waals surface area contributed by atoms with Crippen molar-refractivity contribution in [2.24, 2.45) is 0 Å². The minimum Gasteiger partial charge on any atom is -0.321 e. The second kappa shape index (κ2) is 5.34. The summed E-state index contributed by atoms with van der Waals surface area (Å²) >= 11 is 4.40. The van der Waals surface area contributed by atoms with E-state index in [1.54, 1.807) is 11.4 Å². The van der Waals surface area contributed by atoms with Gasteiger partial charge in [-0.1, -0.05) is 6.07 Å². The molecule has 100 valence electrons. The summed E-state index contributed by atoms with van der Waals surface area (Å²) in [5.41, 5.74) is -0.685. The van der Waals surface area contributed by atoms with Gasteiger partial charge in [0.05, 0.1) is 5.56 Å². The first-order valence-electron chi connectivity index (χ1n) is 5.09. The van der Waals surface area contributed by atoms with E-state index in [-0.39, 0.29) is 5.69 Å².